The second-order valence-electron chi connectivity index (χ2n) is 4.51. The lowest BCUT2D eigenvalue weighted by Gasteiger charge is -2.16. The van der Waals surface area contributed by atoms with Crippen molar-refractivity contribution in [2.75, 3.05) is 13.2 Å². The van der Waals surface area contributed by atoms with Gasteiger partial charge in [-0.1, -0.05) is 6.42 Å². The molecule has 1 saturated heterocycles. The zero-order valence-electron chi connectivity index (χ0n) is 8.95. The second-order valence-corrected chi connectivity index (χ2v) is 4.51. The molecular formula is C11H19NO3. The quantitative estimate of drug-likeness (QED) is 0.715. The molecule has 0 radical (unpaired) electrons. The minimum atomic E-state index is -0.247. The monoisotopic (exact) mass is 213 g/mol. The van der Waals surface area contributed by atoms with Crippen molar-refractivity contribution in [2.45, 2.75) is 44.3 Å². The molecule has 2 unspecified atom stereocenters. The fourth-order valence-electron chi connectivity index (χ4n) is 2.39. The SMILES string of the molecule is O=C(NCC1CCCC1O)[C@@H]1CCCO1. The predicted molar refractivity (Wildman–Crippen MR) is 55.3 cm³/mol. The smallest absolute Gasteiger partial charge is 0.249 e. The highest BCUT2D eigenvalue weighted by Crippen LogP contribution is 2.24. The first-order chi connectivity index (χ1) is 7.27. The minimum absolute atomic E-state index is 0.00778. The van der Waals surface area contributed by atoms with E-state index >= 15 is 0 Å². The van der Waals surface area contributed by atoms with E-state index in [0.717, 1.165) is 32.1 Å². The molecule has 2 aliphatic rings. The summed E-state index contributed by atoms with van der Waals surface area (Å²) < 4.78 is 5.28. The zero-order chi connectivity index (χ0) is 10.7. The van der Waals surface area contributed by atoms with Gasteiger partial charge in [0.05, 0.1) is 6.10 Å². The highest BCUT2D eigenvalue weighted by molar-refractivity contribution is 5.80. The molecule has 4 heteroatoms. The molecule has 0 spiro atoms. The van der Waals surface area contributed by atoms with E-state index in [1.54, 1.807) is 0 Å². The Morgan fingerprint density at radius 1 is 1.33 bits per heavy atom. The summed E-state index contributed by atoms with van der Waals surface area (Å²) in [6.07, 6.45) is 4.30. The summed E-state index contributed by atoms with van der Waals surface area (Å²) in [7, 11) is 0. The van der Waals surface area contributed by atoms with Gasteiger partial charge in [0.15, 0.2) is 0 Å². The topological polar surface area (TPSA) is 58.6 Å². The zero-order valence-corrected chi connectivity index (χ0v) is 8.95. The summed E-state index contributed by atoms with van der Waals surface area (Å²) in [6, 6.07) is 0. The normalized spacial score (nSPS) is 35.7. The molecular weight excluding hydrogens is 194 g/mol. The Bertz CT molecular complexity index is 226. The molecule has 1 saturated carbocycles. The third-order valence-corrected chi connectivity index (χ3v) is 3.38. The fraction of sp³-hybridized carbons (Fsp3) is 0.909. The predicted octanol–water partition coefficient (Wildman–Crippen LogP) is 0.443. The fourth-order valence-corrected chi connectivity index (χ4v) is 2.39. The molecule has 0 aromatic heterocycles. The highest BCUT2D eigenvalue weighted by atomic mass is 16.5. The first-order valence-electron chi connectivity index (χ1n) is 5.85. The highest BCUT2D eigenvalue weighted by Gasteiger charge is 2.28. The number of hydrogen-bond donors (Lipinski definition) is 2. The van der Waals surface area contributed by atoms with E-state index in [4.69, 9.17) is 4.74 Å². The van der Waals surface area contributed by atoms with Crippen LogP contribution in [0, 0.1) is 5.92 Å². The number of carbonyl (C=O) groups excluding carboxylic acids is 1. The van der Waals surface area contributed by atoms with Gasteiger partial charge in [0.2, 0.25) is 5.91 Å². The summed E-state index contributed by atoms with van der Waals surface area (Å²) in [5.74, 6) is 0.238. The molecule has 3 atom stereocenters. The van der Waals surface area contributed by atoms with Crippen molar-refractivity contribution in [2.24, 2.45) is 5.92 Å². The van der Waals surface area contributed by atoms with Crippen LogP contribution in [0.4, 0.5) is 0 Å². The number of nitrogens with one attached hydrogen (secondary N) is 1. The third-order valence-electron chi connectivity index (χ3n) is 3.38. The largest absolute Gasteiger partial charge is 0.393 e. The summed E-state index contributed by atoms with van der Waals surface area (Å²) >= 11 is 0. The van der Waals surface area contributed by atoms with Crippen LogP contribution in [0.2, 0.25) is 0 Å². The van der Waals surface area contributed by atoms with Crippen molar-refractivity contribution in [3.63, 3.8) is 0 Å². The third kappa shape index (κ3) is 2.69. The van der Waals surface area contributed by atoms with Crippen molar-refractivity contribution < 1.29 is 14.6 Å². The van der Waals surface area contributed by atoms with E-state index < -0.39 is 0 Å². The first kappa shape index (κ1) is 10.9. The molecule has 2 N–H and O–H groups in total. The van der Waals surface area contributed by atoms with Gasteiger partial charge in [-0.25, -0.2) is 0 Å². The Balaban J connectivity index is 1.70. The first-order valence-corrected chi connectivity index (χ1v) is 5.85. The number of aliphatic hydroxyl groups is 1. The van der Waals surface area contributed by atoms with Crippen LogP contribution >= 0.6 is 0 Å². The van der Waals surface area contributed by atoms with Gasteiger partial charge in [-0.2, -0.15) is 0 Å². The summed E-state index contributed by atoms with van der Waals surface area (Å²) in [4.78, 5) is 11.6. The maximum Gasteiger partial charge on any atom is 0.249 e. The molecule has 0 aromatic carbocycles. The van der Waals surface area contributed by atoms with E-state index in [-0.39, 0.29) is 24.0 Å². The average Bonchev–Trinajstić information content (AvgIpc) is 2.85. The Morgan fingerprint density at radius 2 is 2.20 bits per heavy atom. The molecule has 15 heavy (non-hydrogen) atoms. The molecule has 1 aliphatic heterocycles. The Morgan fingerprint density at radius 3 is 2.80 bits per heavy atom. The van der Waals surface area contributed by atoms with Gasteiger partial charge < -0.3 is 15.2 Å². The van der Waals surface area contributed by atoms with Crippen molar-refractivity contribution in [1.82, 2.24) is 5.32 Å². The van der Waals surface area contributed by atoms with Crippen LogP contribution in [0.5, 0.6) is 0 Å². The van der Waals surface area contributed by atoms with Crippen molar-refractivity contribution >= 4 is 5.91 Å². The summed E-state index contributed by atoms with van der Waals surface area (Å²) in [5, 5.41) is 12.5. The van der Waals surface area contributed by atoms with E-state index in [2.05, 4.69) is 5.32 Å². The molecule has 86 valence electrons. The lowest BCUT2D eigenvalue weighted by molar-refractivity contribution is -0.130. The Kier molecular flexibility index (Phi) is 3.59. The number of carbonyl (C=O) groups is 1. The van der Waals surface area contributed by atoms with Crippen LogP contribution in [0.25, 0.3) is 0 Å². The lowest BCUT2D eigenvalue weighted by Crippen LogP contribution is -2.38. The van der Waals surface area contributed by atoms with Crippen LogP contribution in [0.3, 0.4) is 0 Å². The lowest BCUT2D eigenvalue weighted by atomic mass is 10.1. The van der Waals surface area contributed by atoms with E-state index in [1.165, 1.54) is 0 Å². The summed E-state index contributed by atoms with van der Waals surface area (Å²) in [5.41, 5.74) is 0. The Labute approximate surface area is 90.0 Å². The van der Waals surface area contributed by atoms with Crippen LogP contribution in [0.1, 0.15) is 32.1 Å². The number of hydrogen-bond acceptors (Lipinski definition) is 3. The second kappa shape index (κ2) is 4.94. The maximum absolute atomic E-state index is 11.6. The van der Waals surface area contributed by atoms with Crippen molar-refractivity contribution in [1.29, 1.82) is 0 Å². The van der Waals surface area contributed by atoms with Gasteiger partial charge in [-0.15, -0.1) is 0 Å². The minimum Gasteiger partial charge on any atom is -0.393 e. The van der Waals surface area contributed by atoms with E-state index in [0.29, 0.717) is 13.2 Å². The van der Waals surface area contributed by atoms with Crippen molar-refractivity contribution in [3.8, 4) is 0 Å². The Hall–Kier alpha value is -0.610. The number of ether oxygens (including phenoxy) is 1. The van der Waals surface area contributed by atoms with Gasteiger partial charge in [0.1, 0.15) is 6.10 Å². The number of rotatable bonds is 3. The van der Waals surface area contributed by atoms with Gasteiger partial charge >= 0.3 is 0 Å². The summed E-state index contributed by atoms with van der Waals surface area (Å²) in [6.45, 7) is 1.30. The van der Waals surface area contributed by atoms with Gasteiger partial charge in [-0.3, -0.25) is 4.79 Å². The molecule has 1 aliphatic carbocycles. The average molecular weight is 213 g/mol. The molecule has 2 rings (SSSR count). The maximum atomic E-state index is 11.6. The molecule has 4 nitrogen and oxygen atoms in total. The molecule has 0 bridgehead atoms. The number of amides is 1. The van der Waals surface area contributed by atoms with Gasteiger partial charge in [-0.05, 0) is 25.7 Å². The van der Waals surface area contributed by atoms with Crippen LogP contribution in [-0.2, 0) is 9.53 Å². The standard InChI is InChI=1S/C11H19NO3/c13-9-4-1-3-8(9)7-12-11(14)10-5-2-6-15-10/h8-10,13H,1-7H2,(H,12,14)/t8?,9?,10-/m0/s1. The van der Waals surface area contributed by atoms with Gasteiger partial charge in [0.25, 0.3) is 0 Å². The number of aliphatic hydroxyl groups excluding tert-OH is 1. The van der Waals surface area contributed by atoms with Crippen LogP contribution < -0.4 is 5.32 Å². The van der Waals surface area contributed by atoms with Crippen molar-refractivity contribution in [3.05, 3.63) is 0 Å². The molecule has 1 amide bonds. The van der Waals surface area contributed by atoms with Gasteiger partial charge in [0, 0.05) is 19.1 Å². The van der Waals surface area contributed by atoms with E-state index in [1.807, 2.05) is 0 Å². The van der Waals surface area contributed by atoms with Crippen LogP contribution in [-0.4, -0.2) is 36.4 Å². The van der Waals surface area contributed by atoms with Crippen LogP contribution in [0.15, 0.2) is 0 Å². The molecule has 2 fully saturated rings. The van der Waals surface area contributed by atoms with E-state index in [9.17, 15) is 9.90 Å². The molecule has 0 aromatic rings. The molecule has 1 heterocycles.